The van der Waals surface area contributed by atoms with E-state index in [9.17, 15) is 13.2 Å². The van der Waals surface area contributed by atoms with Crippen molar-refractivity contribution in [3.05, 3.63) is 59.1 Å². The third-order valence-corrected chi connectivity index (χ3v) is 5.87. The van der Waals surface area contributed by atoms with Crippen LogP contribution < -0.4 is 4.31 Å². The Bertz CT molecular complexity index is 819. The van der Waals surface area contributed by atoms with Crippen molar-refractivity contribution in [2.24, 2.45) is 0 Å². The fourth-order valence-electron chi connectivity index (χ4n) is 2.17. The molecule has 2 aromatic rings. The van der Waals surface area contributed by atoms with E-state index in [-0.39, 0.29) is 4.90 Å². The molecule has 0 spiro atoms. The summed E-state index contributed by atoms with van der Waals surface area (Å²) in [5, 5.41) is -0.335. The Balaban J connectivity index is 2.64. The van der Waals surface area contributed by atoms with Crippen LogP contribution in [0.2, 0.25) is 5.02 Å². The van der Waals surface area contributed by atoms with Crippen molar-refractivity contribution in [3.63, 3.8) is 0 Å². The molecule has 23 heavy (non-hydrogen) atoms. The number of halogens is 2. The molecular formula is C16H15Cl2NO3S. The van der Waals surface area contributed by atoms with Crippen LogP contribution in [0.4, 0.5) is 5.69 Å². The average molecular weight is 372 g/mol. The van der Waals surface area contributed by atoms with Crippen molar-refractivity contribution >= 4 is 44.2 Å². The SMILES string of the molecule is Cc1ccccc1N(C(C)C(=O)Cl)S(=O)(=O)c1ccc(Cl)cc1. The lowest BCUT2D eigenvalue weighted by Gasteiger charge is -2.29. The highest BCUT2D eigenvalue weighted by atomic mass is 35.5. The fraction of sp³-hybridized carbons (Fsp3) is 0.188. The summed E-state index contributed by atoms with van der Waals surface area (Å²) >= 11 is 11.4. The first-order valence-electron chi connectivity index (χ1n) is 6.80. The van der Waals surface area contributed by atoms with Gasteiger partial charge in [0.05, 0.1) is 10.6 Å². The molecule has 0 saturated carbocycles. The van der Waals surface area contributed by atoms with Crippen LogP contribution >= 0.6 is 23.2 Å². The van der Waals surface area contributed by atoms with Gasteiger partial charge in [0.1, 0.15) is 6.04 Å². The fourth-order valence-corrected chi connectivity index (χ4v) is 4.13. The van der Waals surface area contributed by atoms with Crippen molar-refractivity contribution in [1.29, 1.82) is 0 Å². The van der Waals surface area contributed by atoms with Crippen LogP contribution in [0.3, 0.4) is 0 Å². The lowest BCUT2D eigenvalue weighted by Crippen LogP contribution is -2.42. The number of aryl methyl sites for hydroxylation is 1. The molecule has 0 heterocycles. The van der Waals surface area contributed by atoms with Gasteiger partial charge in [0, 0.05) is 5.02 Å². The number of benzene rings is 2. The second kappa shape index (κ2) is 6.91. The number of hydrogen-bond donors (Lipinski definition) is 0. The molecule has 0 saturated heterocycles. The number of anilines is 1. The van der Waals surface area contributed by atoms with Crippen LogP contribution in [0.1, 0.15) is 12.5 Å². The maximum absolute atomic E-state index is 13.0. The molecule has 0 N–H and O–H groups in total. The molecule has 0 amide bonds. The number of nitrogens with zero attached hydrogens (tertiary/aromatic N) is 1. The van der Waals surface area contributed by atoms with E-state index >= 15 is 0 Å². The minimum atomic E-state index is -3.97. The van der Waals surface area contributed by atoms with Gasteiger partial charge in [-0.05, 0) is 61.3 Å². The van der Waals surface area contributed by atoms with Crippen molar-refractivity contribution in [2.45, 2.75) is 24.8 Å². The van der Waals surface area contributed by atoms with Crippen LogP contribution in [0.15, 0.2) is 53.4 Å². The number of carbonyl (C=O) groups excluding carboxylic acids is 1. The third kappa shape index (κ3) is 3.68. The predicted molar refractivity (Wildman–Crippen MR) is 92.6 cm³/mol. The van der Waals surface area contributed by atoms with E-state index in [4.69, 9.17) is 23.2 Å². The zero-order chi connectivity index (χ0) is 17.2. The van der Waals surface area contributed by atoms with Crippen LogP contribution in [-0.4, -0.2) is 19.7 Å². The maximum atomic E-state index is 13.0. The Hall–Kier alpha value is -1.56. The number of para-hydroxylation sites is 1. The van der Waals surface area contributed by atoms with E-state index in [2.05, 4.69) is 0 Å². The Kier molecular flexibility index (Phi) is 5.34. The summed E-state index contributed by atoms with van der Waals surface area (Å²) in [5.74, 6) is 0. The Labute approximate surface area is 145 Å². The van der Waals surface area contributed by atoms with Crippen LogP contribution in [0.5, 0.6) is 0 Å². The van der Waals surface area contributed by atoms with E-state index in [1.165, 1.54) is 31.2 Å². The van der Waals surface area contributed by atoms with Gasteiger partial charge in [-0.15, -0.1) is 0 Å². The molecule has 7 heteroatoms. The molecule has 0 fully saturated rings. The van der Waals surface area contributed by atoms with Gasteiger partial charge in [0.2, 0.25) is 5.24 Å². The summed E-state index contributed by atoms with van der Waals surface area (Å²) in [6.45, 7) is 3.22. The Morgan fingerprint density at radius 3 is 2.17 bits per heavy atom. The number of rotatable bonds is 5. The average Bonchev–Trinajstić information content (AvgIpc) is 2.49. The summed E-state index contributed by atoms with van der Waals surface area (Å²) in [4.78, 5) is 11.7. The van der Waals surface area contributed by atoms with Crippen LogP contribution in [-0.2, 0) is 14.8 Å². The predicted octanol–water partition coefficient (Wildman–Crippen LogP) is 4.00. The highest BCUT2D eigenvalue weighted by Gasteiger charge is 2.33. The van der Waals surface area contributed by atoms with Gasteiger partial charge >= 0.3 is 0 Å². The third-order valence-electron chi connectivity index (χ3n) is 3.40. The summed E-state index contributed by atoms with van der Waals surface area (Å²) in [6.07, 6.45) is 0. The van der Waals surface area contributed by atoms with Crippen LogP contribution in [0, 0.1) is 6.92 Å². The first-order chi connectivity index (χ1) is 10.7. The highest BCUT2D eigenvalue weighted by Crippen LogP contribution is 2.30. The minimum absolute atomic E-state index is 0.0370. The quantitative estimate of drug-likeness (QED) is 0.746. The second-order valence-electron chi connectivity index (χ2n) is 5.02. The molecule has 0 aliphatic rings. The Morgan fingerprint density at radius 2 is 1.65 bits per heavy atom. The number of hydrogen-bond acceptors (Lipinski definition) is 3. The van der Waals surface area contributed by atoms with E-state index in [0.29, 0.717) is 10.7 Å². The van der Waals surface area contributed by atoms with E-state index in [0.717, 1.165) is 9.87 Å². The molecular weight excluding hydrogens is 357 g/mol. The van der Waals surface area contributed by atoms with Gasteiger partial charge < -0.3 is 0 Å². The minimum Gasteiger partial charge on any atom is -0.279 e. The van der Waals surface area contributed by atoms with Gasteiger partial charge in [0.15, 0.2) is 0 Å². The molecule has 0 aliphatic heterocycles. The summed E-state index contributed by atoms with van der Waals surface area (Å²) in [6, 6.07) is 11.6. The molecule has 0 bridgehead atoms. The lowest BCUT2D eigenvalue weighted by molar-refractivity contribution is -0.112. The molecule has 2 aromatic carbocycles. The topological polar surface area (TPSA) is 54.5 Å². The van der Waals surface area contributed by atoms with Crippen LogP contribution in [0.25, 0.3) is 0 Å². The van der Waals surface area contributed by atoms with Gasteiger partial charge in [-0.25, -0.2) is 8.42 Å². The second-order valence-corrected chi connectivity index (χ2v) is 7.65. The summed E-state index contributed by atoms with van der Waals surface area (Å²) in [7, 11) is -3.97. The lowest BCUT2D eigenvalue weighted by atomic mass is 10.2. The Morgan fingerprint density at radius 1 is 1.09 bits per heavy atom. The molecule has 0 aromatic heterocycles. The normalized spacial score (nSPS) is 12.7. The van der Waals surface area contributed by atoms with Crippen molar-refractivity contribution in [2.75, 3.05) is 4.31 Å². The molecule has 2 rings (SSSR count). The van der Waals surface area contributed by atoms with Crippen molar-refractivity contribution in [1.82, 2.24) is 0 Å². The molecule has 0 aliphatic carbocycles. The van der Waals surface area contributed by atoms with E-state index in [1.807, 2.05) is 0 Å². The zero-order valence-corrected chi connectivity index (χ0v) is 14.9. The van der Waals surface area contributed by atoms with Gasteiger partial charge in [0.25, 0.3) is 10.0 Å². The maximum Gasteiger partial charge on any atom is 0.265 e. The molecule has 4 nitrogen and oxygen atoms in total. The number of sulfonamides is 1. The van der Waals surface area contributed by atoms with Gasteiger partial charge in [-0.2, -0.15) is 0 Å². The smallest absolute Gasteiger partial charge is 0.265 e. The summed E-state index contributed by atoms with van der Waals surface area (Å²) < 4.78 is 27.1. The standard InChI is InChI=1S/C16H15Cl2NO3S/c1-11-5-3-4-6-15(11)19(12(2)16(18)20)23(21,22)14-9-7-13(17)8-10-14/h3-10,12H,1-2H3. The first-order valence-corrected chi connectivity index (χ1v) is 8.99. The van der Waals surface area contributed by atoms with E-state index < -0.39 is 21.3 Å². The molecule has 1 atom stereocenters. The first kappa shape index (κ1) is 17.8. The number of carbonyl (C=O) groups is 1. The van der Waals surface area contributed by atoms with Gasteiger partial charge in [-0.3, -0.25) is 9.10 Å². The zero-order valence-electron chi connectivity index (χ0n) is 12.5. The molecule has 0 radical (unpaired) electrons. The summed E-state index contributed by atoms with van der Waals surface area (Å²) in [5.41, 5.74) is 1.12. The van der Waals surface area contributed by atoms with Gasteiger partial charge in [-0.1, -0.05) is 29.8 Å². The van der Waals surface area contributed by atoms with E-state index in [1.54, 1.807) is 31.2 Å². The van der Waals surface area contributed by atoms with Crippen molar-refractivity contribution < 1.29 is 13.2 Å². The largest absolute Gasteiger partial charge is 0.279 e. The molecule has 1 unspecified atom stereocenters. The monoisotopic (exact) mass is 371 g/mol. The highest BCUT2D eigenvalue weighted by molar-refractivity contribution is 7.93. The molecule has 122 valence electrons. The van der Waals surface area contributed by atoms with Crippen molar-refractivity contribution in [3.8, 4) is 0 Å².